The van der Waals surface area contributed by atoms with E-state index in [1.807, 2.05) is 41.1 Å². The highest BCUT2D eigenvalue weighted by Crippen LogP contribution is 2.16. The van der Waals surface area contributed by atoms with Crippen LogP contribution in [0.3, 0.4) is 0 Å². The number of rotatable bonds is 5. The molecule has 0 saturated carbocycles. The lowest BCUT2D eigenvalue weighted by atomic mass is 10.2. The predicted molar refractivity (Wildman–Crippen MR) is 82.9 cm³/mol. The van der Waals surface area contributed by atoms with Crippen LogP contribution >= 0.6 is 0 Å². The van der Waals surface area contributed by atoms with Gasteiger partial charge in [-0.15, -0.1) is 0 Å². The first kappa shape index (κ1) is 15.4. The van der Waals surface area contributed by atoms with Gasteiger partial charge in [-0.25, -0.2) is 4.98 Å². The summed E-state index contributed by atoms with van der Waals surface area (Å²) >= 11 is 0. The number of carbonyl (C=O) groups is 1. The zero-order valence-corrected chi connectivity index (χ0v) is 13.3. The third kappa shape index (κ3) is 3.21. The molecule has 1 unspecified atom stereocenters. The number of aryl methyl sites for hydroxylation is 2. The molecule has 1 atom stereocenters. The molecule has 2 rings (SSSR count). The molecule has 114 valence electrons. The first-order chi connectivity index (χ1) is 9.93. The Bertz CT molecular complexity index is 649. The van der Waals surface area contributed by atoms with Crippen molar-refractivity contribution in [2.45, 2.75) is 33.4 Å². The summed E-state index contributed by atoms with van der Waals surface area (Å²) in [5, 5.41) is 8.67. The Morgan fingerprint density at radius 3 is 2.90 bits per heavy atom. The SMILES string of the molecule is CCN(C)C(=O)C(C)NCc1cnc2c(c1)c(C)nn2C. The summed E-state index contributed by atoms with van der Waals surface area (Å²) in [7, 11) is 3.70. The van der Waals surface area contributed by atoms with E-state index in [-0.39, 0.29) is 11.9 Å². The Kier molecular flexibility index (Phi) is 4.57. The number of pyridine rings is 1. The van der Waals surface area contributed by atoms with Crippen LogP contribution in [0.2, 0.25) is 0 Å². The lowest BCUT2D eigenvalue weighted by Gasteiger charge is -2.20. The molecular weight excluding hydrogens is 266 g/mol. The van der Waals surface area contributed by atoms with E-state index < -0.39 is 0 Å². The van der Waals surface area contributed by atoms with Crippen molar-refractivity contribution in [1.29, 1.82) is 0 Å². The van der Waals surface area contributed by atoms with Crippen molar-refractivity contribution in [1.82, 2.24) is 25.0 Å². The normalized spacial score (nSPS) is 12.6. The second kappa shape index (κ2) is 6.22. The van der Waals surface area contributed by atoms with Crippen molar-refractivity contribution in [3.05, 3.63) is 23.5 Å². The summed E-state index contributed by atoms with van der Waals surface area (Å²) in [4.78, 5) is 18.2. The molecule has 0 saturated heterocycles. The third-order valence-corrected chi connectivity index (χ3v) is 3.75. The van der Waals surface area contributed by atoms with Gasteiger partial charge in [-0.05, 0) is 32.4 Å². The number of hydrogen-bond donors (Lipinski definition) is 1. The average molecular weight is 289 g/mol. The van der Waals surface area contributed by atoms with Crippen LogP contribution in [0.4, 0.5) is 0 Å². The van der Waals surface area contributed by atoms with E-state index in [9.17, 15) is 4.79 Å². The van der Waals surface area contributed by atoms with Crippen molar-refractivity contribution in [3.63, 3.8) is 0 Å². The lowest BCUT2D eigenvalue weighted by molar-refractivity contribution is -0.131. The number of nitrogens with zero attached hydrogens (tertiary/aromatic N) is 4. The molecule has 0 aliphatic rings. The zero-order chi connectivity index (χ0) is 15.6. The minimum absolute atomic E-state index is 0.101. The van der Waals surface area contributed by atoms with Gasteiger partial charge in [-0.3, -0.25) is 9.48 Å². The first-order valence-corrected chi connectivity index (χ1v) is 7.20. The largest absolute Gasteiger partial charge is 0.345 e. The minimum atomic E-state index is -0.208. The van der Waals surface area contributed by atoms with E-state index in [4.69, 9.17) is 0 Å². The van der Waals surface area contributed by atoms with Gasteiger partial charge in [0, 0.05) is 38.8 Å². The van der Waals surface area contributed by atoms with E-state index in [1.54, 1.807) is 9.58 Å². The highest BCUT2D eigenvalue weighted by atomic mass is 16.2. The average Bonchev–Trinajstić information content (AvgIpc) is 2.77. The molecule has 0 aliphatic carbocycles. The molecule has 2 aromatic rings. The van der Waals surface area contributed by atoms with Crippen LogP contribution in [0.5, 0.6) is 0 Å². The highest BCUT2D eigenvalue weighted by Gasteiger charge is 2.15. The standard InChI is InChI=1S/C15H23N5O/c1-6-19(4)15(21)11(3)16-8-12-7-13-10(2)18-20(5)14(13)17-9-12/h7,9,11,16H,6,8H2,1-5H3. The van der Waals surface area contributed by atoms with Gasteiger partial charge in [0.1, 0.15) is 0 Å². The topological polar surface area (TPSA) is 63.1 Å². The molecular formula is C15H23N5O. The molecule has 2 aromatic heterocycles. The van der Waals surface area contributed by atoms with Crippen molar-refractivity contribution in [2.75, 3.05) is 13.6 Å². The van der Waals surface area contributed by atoms with Gasteiger partial charge in [0.2, 0.25) is 5.91 Å². The minimum Gasteiger partial charge on any atom is -0.345 e. The summed E-state index contributed by atoms with van der Waals surface area (Å²) in [5.74, 6) is 0.101. The monoisotopic (exact) mass is 289 g/mol. The predicted octanol–water partition coefficient (Wildman–Crippen LogP) is 1.23. The Hall–Kier alpha value is -1.95. The van der Waals surface area contributed by atoms with Crippen LogP contribution in [0.1, 0.15) is 25.1 Å². The van der Waals surface area contributed by atoms with Crippen LogP contribution < -0.4 is 5.32 Å². The van der Waals surface area contributed by atoms with Crippen molar-refractivity contribution >= 4 is 16.9 Å². The molecule has 21 heavy (non-hydrogen) atoms. The molecule has 0 aliphatic heterocycles. The van der Waals surface area contributed by atoms with Crippen LogP contribution in [0, 0.1) is 6.92 Å². The molecule has 0 spiro atoms. The second-order valence-corrected chi connectivity index (χ2v) is 5.38. The fourth-order valence-electron chi connectivity index (χ4n) is 2.29. The molecule has 0 aromatic carbocycles. The van der Waals surface area contributed by atoms with Crippen LogP contribution in [0.15, 0.2) is 12.3 Å². The second-order valence-electron chi connectivity index (χ2n) is 5.38. The molecule has 6 heteroatoms. The van der Waals surface area contributed by atoms with E-state index >= 15 is 0 Å². The summed E-state index contributed by atoms with van der Waals surface area (Å²) in [5.41, 5.74) is 2.90. The number of amides is 1. The number of fused-ring (bicyclic) bond motifs is 1. The lowest BCUT2D eigenvalue weighted by Crippen LogP contribution is -2.42. The van der Waals surface area contributed by atoms with Crippen molar-refractivity contribution in [3.8, 4) is 0 Å². The Morgan fingerprint density at radius 2 is 2.24 bits per heavy atom. The number of nitrogens with one attached hydrogen (secondary N) is 1. The molecule has 1 amide bonds. The molecule has 6 nitrogen and oxygen atoms in total. The maximum atomic E-state index is 12.0. The van der Waals surface area contributed by atoms with Gasteiger partial charge >= 0.3 is 0 Å². The van der Waals surface area contributed by atoms with Gasteiger partial charge in [0.05, 0.1) is 11.7 Å². The summed E-state index contributed by atoms with van der Waals surface area (Å²) in [6, 6.07) is 1.87. The van der Waals surface area contributed by atoms with Gasteiger partial charge in [0.15, 0.2) is 5.65 Å². The van der Waals surface area contributed by atoms with Crippen LogP contribution in [0.25, 0.3) is 11.0 Å². The highest BCUT2D eigenvalue weighted by molar-refractivity contribution is 5.81. The van der Waals surface area contributed by atoms with Crippen molar-refractivity contribution in [2.24, 2.45) is 7.05 Å². The van der Waals surface area contributed by atoms with Gasteiger partial charge < -0.3 is 10.2 Å². The van der Waals surface area contributed by atoms with E-state index in [2.05, 4.69) is 21.5 Å². The van der Waals surface area contributed by atoms with Gasteiger partial charge in [-0.1, -0.05) is 0 Å². The van der Waals surface area contributed by atoms with Crippen LogP contribution in [-0.4, -0.2) is 45.2 Å². The smallest absolute Gasteiger partial charge is 0.239 e. The quantitative estimate of drug-likeness (QED) is 0.899. The number of aromatic nitrogens is 3. The molecule has 2 heterocycles. The fraction of sp³-hybridized carbons (Fsp3) is 0.533. The molecule has 0 radical (unpaired) electrons. The van der Waals surface area contributed by atoms with E-state index in [1.165, 1.54) is 0 Å². The first-order valence-electron chi connectivity index (χ1n) is 7.20. The molecule has 0 bridgehead atoms. The third-order valence-electron chi connectivity index (χ3n) is 3.75. The molecule has 0 fully saturated rings. The zero-order valence-electron chi connectivity index (χ0n) is 13.3. The maximum Gasteiger partial charge on any atom is 0.239 e. The van der Waals surface area contributed by atoms with Gasteiger partial charge in [-0.2, -0.15) is 5.10 Å². The van der Waals surface area contributed by atoms with E-state index in [0.29, 0.717) is 13.1 Å². The molecule has 1 N–H and O–H groups in total. The van der Waals surface area contributed by atoms with Crippen LogP contribution in [-0.2, 0) is 18.4 Å². The number of likely N-dealkylation sites (N-methyl/N-ethyl adjacent to an activating group) is 1. The van der Waals surface area contributed by atoms with E-state index in [0.717, 1.165) is 22.3 Å². The Labute approximate surface area is 125 Å². The summed E-state index contributed by atoms with van der Waals surface area (Å²) in [6.45, 7) is 7.15. The maximum absolute atomic E-state index is 12.0. The fourth-order valence-corrected chi connectivity index (χ4v) is 2.29. The Balaban J connectivity index is 2.07. The number of hydrogen-bond acceptors (Lipinski definition) is 4. The van der Waals surface area contributed by atoms with Gasteiger partial charge in [0.25, 0.3) is 0 Å². The van der Waals surface area contributed by atoms with Crippen molar-refractivity contribution < 1.29 is 4.79 Å². The number of carbonyl (C=O) groups excluding carboxylic acids is 1. The summed E-state index contributed by atoms with van der Waals surface area (Å²) < 4.78 is 1.78. The Morgan fingerprint density at radius 1 is 1.52 bits per heavy atom. The summed E-state index contributed by atoms with van der Waals surface area (Å²) in [6.07, 6.45) is 1.83.